The number of halogens is 1. The minimum Gasteiger partial charge on any atom is -0.369 e. The van der Waals surface area contributed by atoms with Crippen molar-refractivity contribution in [1.29, 1.82) is 0 Å². The Morgan fingerprint density at radius 2 is 2.16 bits per heavy atom. The van der Waals surface area contributed by atoms with E-state index in [0.717, 1.165) is 24.3 Å². The zero-order chi connectivity index (χ0) is 13.9. The molecule has 5 heteroatoms. The largest absolute Gasteiger partial charge is 0.369 e. The average Bonchev–Trinajstić information content (AvgIpc) is 2.91. The first-order valence-corrected chi connectivity index (χ1v) is 7.57. The number of nitrogens with one attached hydrogen (secondary N) is 1. The van der Waals surface area contributed by atoms with Crippen molar-refractivity contribution in [3.63, 3.8) is 0 Å². The van der Waals surface area contributed by atoms with E-state index in [0.29, 0.717) is 5.15 Å². The molecule has 102 valence electrons. The van der Waals surface area contributed by atoms with Gasteiger partial charge in [0.1, 0.15) is 17.3 Å². The molecule has 3 nitrogen and oxygen atoms in total. The number of thiophene rings is 1. The molecular weight excluding hydrogens is 278 g/mol. The molecule has 2 rings (SSSR count). The first-order chi connectivity index (χ1) is 9.04. The van der Waals surface area contributed by atoms with Crippen LogP contribution in [0.5, 0.6) is 0 Å². The summed E-state index contributed by atoms with van der Waals surface area (Å²) < 4.78 is 0. The molecule has 0 saturated carbocycles. The maximum Gasteiger partial charge on any atom is 0.137 e. The quantitative estimate of drug-likeness (QED) is 0.842. The van der Waals surface area contributed by atoms with Gasteiger partial charge in [-0.2, -0.15) is 0 Å². The van der Waals surface area contributed by atoms with E-state index in [9.17, 15) is 0 Å². The Morgan fingerprint density at radius 1 is 1.37 bits per heavy atom. The number of rotatable bonds is 5. The van der Waals surface area contributed by atoms with Crippen molar-refractivity contribution in [2.24, 2.45) is 0 Å². The van der Waals surface area contributed by atoms with Crippen LogP contribution < -0.4 is 5.32 Å². The third-order valence-corrected chi connectivity index (χ3v) is 4.69. The van der Waals surface area contributed by atoms with E-state index in [-0.39, 0.29) is 5.41 Å². The molecule has 1 N–H and O–H groups in total. The molecule has 0 saturated heterocycles. The molecule has 0 unspecified atom stereocenters. The van der Waals surface area contributed by atoms with Crippen molar-refractivity contribution in [2.75, 3.05) is 11.9 Å². The summed E-state index contributed by atoms with van der Waals surface area (Å²) in [6.45, 7) is 7.31. The van der Waals surface area contributed by atoms with E-state index in [2.05, 4.69) is 53.6 Å². The van der Waals surface area contributed by atoms with E-state index >= 15 is 0 Å². The minimum absolute atomic E-state index is 0.0661. The maximum atomic E-state index is 6.09. The van der Waals surface area contributed by atoms with Crippen LogP contribution in [-0.2, 0) is 11.8 Å². The van der Waals surface area contributed by atoms with E-state index in [4.69, 9.17) is 11.6 Å². The Kier molecular flexibility index (Phi) is 4.42. The fourth-order valence-corrected chi connectivity index (χ4v) is 3.03. The van der Waals surface area contributed by atoms with Crippen molar-refractivity contribution in [3.05, 3.63) is 39.4 Å². The summed E-state index contributed by atoms with van der Waals surface area (Å²) >= 11 is 7.87. The highest BCUT2D eigenvalue weighted by Gasteiger charge is 2.22. The van der Waals surface area contributed by atoms with Gasteiger partial charge in [0.05, 0.1) is 0 Å². The molecule has 0 amide bonds. The first-order valence-electron chi connectivity index (χ1n) is 6.32. The lowest BCUT2D eigenvalue weighted by Crippen LogP contribution is -2.27. The van der Waals surface area contributed by atoms with E-state index in [1.54, 1.807) is 11.3 Å². The Hall–Kier alpha value is -1.13. The topological polar surface area (TPSA) is 37.8 Å². The highest BCUT2D eigenvalue weighted by atomic mass is 35.5. The molecule has 0 spiro atoms. The molecule has 2 aromatic rings. The van der Waals surface area contributed by atoms with Gasteiger partial charge in [-0.3, -0.25) is 0 Å². The van der Waals surface area contributed by atoms with Crippen LogP contribution in [0.15, 0.2) is 23.8 Å². The standard InChI is InChI=1S/C14H18ClN3S/c1-4-10-12(15)17-9-18-13(10)16-8-14(2,3)11-6-5-7-19-11/h5-7,9H,4,8H2,1-3H3,(H,16,17,18). The normalized spacial score (nSPS) is 11.6. The summed E-state index contributed by atoms with van der Waals surface area (Å²) in [6.07, 6.45) is 2.32. The van der Waals surface area contributed by atoms with Gasteiger partial charge in [0.15, 0.2) is 0 Å². The Labute approximate surface area is 123 Å². The summed E-state index contributed by atoms with van der Waals surface area (Å²) in [4.78, 5) is 9.67. The van der Waals surface area contributed by atoms with Crippen LogP contribution in [0.2, 0.25) is 5.15 Å². The van der Waals surface area contributed by atoms with Gasteiger partial charge in [0, 0.05) is 22.4 Å². The molecule has 0 aliphatic carbocycles. The second kappa shape index (κ2) is 5.88. The predicted molar refractivity (Wildman–Crippen MR) is 82.3 cm³/mol. The summed E-state index contributed by atoms with van der Waals surface area (Å²) in [5.41, 5.74) is 1.04. The highest BCUT2D eigenvalue weighted by Crippen LogP contribution is 2.28. The van der Waals surface area contributed by atoms with Crippen molar-refractivity contribution in [3.8, 4) is 0 Å². The molecule has 2 heterocycles. The van der Waals surface area contributed by atoms with Gasteiger partial charge in [-0.05, 0) is 17.9 Å². The van der Waals surface area contributed by atoms with E-state index in [1.165, 1.54) is 11.2 Å². The van der Waals surface area contributed by atoms with Gasteiger partial charge in [-0.1, -0.05) is 38.4 Å². The molecule has 2 aromatic heterocycles. The van der Waals surface area contributed by atoms with Gasteiger partial charge in [-0.25, -0.2) is 9.97 Å². The lowest BCUT2D eigenvalue weighted by molar-refractivity contribution is 0.568. The van der Waals surface area contributed by atoms with Crippen LogP contribution >= 0.6 is 22.9 Å². The summed E-state index contributed by atoms with van der Waals surface area (Å²) in [6, 6.07) is 4.25. The molecule has 0 bridgehead atoms. The van der Waals surface area contributed by atoms with Crippen LogP contribution in [-0.4, -0.2) is 16.5 Å². The maximum absolute atomic E-state index is 6.09. The lowest BCUT2D eigenvalue weighted by atomic mass is 9.91. The Morgan fingerprint density at radius 3 is 2.79 bits per heavy atom. The van der Waals surface area contributed by atoms with Gasteiger partial charge in [0.2, 0.25) is 0 Å². The fraction of sp³-hybridized carbons (Fsp3) is 0.429. The number of hydrogen-bond donors (Lipinski definition) is 1. The Bertz CT molecular complexity index is 538. The van der Waals surface area contributed by atoms with Crippen LogP contribution in [0.25, 0.3) is 0 Å². The van der Waals surface area contributed by atoms with Gasteiger partial charge in [-0.15, -0.1) is 11.3 Å². The molecular formula is C14H18ClN3S. The fourth-order valence-electron chi connectivity index (χ4n) is 1.91. The molecule has 0 aliphatic heterocycles. The van der Waals surface area contributed by atoms with Crippen LogP contribution in [0.1, 0.15) is 31.2 Å². The molecule has 0 aromatic carbocycles. The van der Waals surface area contributed by atoms with Gasteiger partial charge < -0.3 is 5.32 Å². The van der Waals surface area contributed by atoms with Gasteiger partial charge >= 0.3 is 0 Å². The minimum atomic E-state index is 0.0661. The first kappa shape index (κ1) is 14.3. The molecule has 0 atom stereocenters. The van der Waals surface area contributed by atoms with Gasteiger partial charge in [0.25, 0.3) is 0 Å². The molecule has 0 radical (unpaired) electrons. The summed E-state index contributed by atoms with van der Waals surface area (Å²) in [5, 5.41) is 6.05. The van der Waals surface area contributed by atoms with Crippen molar-refractivity contribution in [1.82, 2.24) is 9.97 Å². The molecule has 19 heavy (non-hydrogen) atoms. The van der Waals surface area contributed by atoms with Crippen molar-refractivity contribution >= 4 is 28.8 Å². The number of aromatic nitrogens is 2. The van der Waals surface area contributed by atoms with Crippen LogP contribution in [0.4, 0.5) is 5.82 Å². The zero-order valence-electron chi connectivity index (χ0n) is 11.4. The number of hydrogen-bond acceptors (Lipinski definition) is 4. The van der Waals surface area contributed by atoms with Crippen molar-refractivity contribution in [2.45, 2.75) is 32.6 Å². The predicted octanol–water partition coefficient (Wildman–Crippen LogP) is 4.14. The van der Waals surface area contributed by atoms with Crippen LogP contribution in [0, 0.1) is 0 Å². The number of anilines is 1. The summed E-state index contributed by atoms with van der Waals surface area (Å²) in [5.74, 6) is 0.840. The Balaban J connectivity index is 2.13. The number of nitrogens with zero attached hydrogens (tertiary/aromatic N) is 2. The second-order valence-corrected chi connectivity index (χ2v) is 6.37. The smallest absolute Gasteiger partial charge is 0.137 e. The summed E-state index contributed by atoms with van der Waals surface area (Å²) in [7, 11) is 0. The van der Waals surface area contributed by atoms with E-state index in [1.807, 2.05) is 0 Å². The molecule has 0 aliphatic rings. The zero-order valence-corrected chi connectivity index (χ0v) is 13.0. The highest BCUT2D eigenvalue weighted by molar-refractivity contribution is 7.10. The van der Waals surface area contributed by atoms with Crippen LogP contribution in [0.3, 0.4) is 0 Å². The SMILES string of the molecule is CCc1c(Cl)ncnc1NCC(C)(C)c1cccs1. The lowest BCUT2D eigenvalue weighted by Gasteiger charge is -2.24. The van der Waals surface area contributed by atoms with Crippen molar-refractivity contribution < 1.29 is 0 Å². The third-order valence-electron chi connectivity index (χ3n) is 3.13. The average molecular weight is 296 g/mol. The third kappa shape index (κ3) is 3.25. The monoisotopic (exact) mass is 295 g/mol. The van der Waals surface area contributed by atoms with E-state index < -0.39 is 0 Å². The molecule has 0 fully saturated rings. The second-order valence-electron chi connectivity index (χ2n) is 5.06.